The summed E-state index contributed by atoms with van der Waals surface area (Å²) in [6, 6.07) is 1.74. The Labute approximate surface area is 99.3 Å². The lowest BCUT2D eigenvalue weighted by atomic mass is 10.0. The lowest BCUT2D eigenvalue weighted by Crippen LogP contribution is -2.15. The molecule has 0 saturated carbocycles. The van der Waals surface area contributed by atoms with Crippen molar-refractivity contribution in [1.82, 2.24) is 20.1 Å². The van der Waals surface area contributed by atoms with Crippen molar-refractivity contribution in [3.05, 3.63) is 24.4 Å². The van der Waals surface area contributed by atoms with Gasteiger partial charge in [-0.3, -0.25) is 0 Å². The molecule has 2 rings (SSSR count). The Bertz CT molecular complexity index is 452. The molecule has 17 heavy (non-hydrogen) atoms. The molecule has 0 radical (unpaired) electrons. The van der Waals surface area contributed by atoms with Gasteiger partial charge in [-0.2, -0.15) is 4.98 Å². The van der Waals surface area contributed by atoms with E-state index in [9.17, 15) is 0 Å². The van der Waals surface area contributed by atoms with Crippen molar-refractivity contribution in [3.8, 4) is 11.6 Å². The lowest BCUT2D eigenvalue weighted by molar-refractivity contribution is 0.350. The molecule has 0 spiro atoms. The summed E-state index contributed by atoms with van der Waals surface area (Å²) in [5, 5.41) is 3.86. The minimum Gasteiger partial charge on any atom is -0.339 e. The Kier molecular flexibility index (Phi) is 3.77. The summed E-state index contributed by atoms with van der Waals surface area (Å²) in [5.74, 6) is 1.86. The maximum atomic E-state index is 5.63. The van der Waals surface area contributed by atoms with Crippen LogP contribution in [0.15, 0.2) is 23.0 Å². The van der Waals surface area contributed by atoms with Gasteiger partial charge in [0.25, 0.3) is 0 Å². The molecule has 0 saturated heterocycles. The summed E-state index contributed by atoms with van der Waals surface area (Å²) in [7, 11) is 0. The van der Waals surface area contributed by atoms with Crippen LogP contribution in [0.4, 0.5) is 0 Å². The van der Waals surface area contributed by atoms with Crippen LogP contribution in [0, 0.1) is 5.92 Å². The standard InChI is InChI=1S/C11H15N5O/c1-2-8(7-12)6-9-15-11(16-17-9)10-13-4-3-5-14-10/h3-5,8H,2,6-7,12H2,1H3. The zero-order valence-corrected chi connectivity index (χ0v) is 9.71. The third-order valence-corrected chi connectivity index (χ3v) is 2.61. The van der Waals surface area contributed by atoms with Gasteiger partial charge in [-0.1, -0.05) is 18.5 Å². The second kappa shape index (κ2) is 5.49. The van der Waals surface area contributed by atoms with Gasteiger partial charge in [0.05, 0.1) is 0 Å². The van der Waals surface area contributed by atoms with E-state index in [1.807, 2.05) is 0 Å². The van der Waals surface area contributed by atoms with Crippen LogP contribution in [0.25, 0.3) is 11.6 Å². The van der Waals surface area contributed by atoms with E-state index >= 15 is 0 Å². The van der Waals surface area contributed by atoms with Gasteiger partial charge in [0.15, 0.2) is 0 Å². The van der Waals surface area contributed by atoms with Gasteiger partial charge in [0.2, 0.25) is 17.5 Å². The molecule has 0 aliphatic carbocycles. The van der Waals surface area contributed by atoms with Crippen LogP contribution in [-0.2, 0) is 6.42 Å². The first-order valence-electron chi connectivity index (χ1n) is 5.63. The molecular weight excluding hydrogens is 218 g/mol. The molecule has 90 valence electrons. The summed E-state index contributed by atoms with van der Waals surface area (Å²) >= 11 is 0. The number of hydrogen-bond donors (Lipinski definition) is 1. The summed E-state index contributed by atoms with van der Waals surface area (Å²) < 4.78 is 5.16. The van der Waals surface area contributed by atoms with E-state index in [4.69, 9.17) is 10.3 Å². The Morgan fingerprint density at radius 3 is 2.71 bits per heavy atom. The van der Waals surface area contributed by atoms with Crippen LogP contribution in [0.1, 0.15) is 19.2 Å². The molecule has 0 fully saturated rings. The molecule has 2 aromatic heterocycles. The molecule has 2 heterocycles. The predicted octanol–water partition coefficient (Wildman–Crippen LogP) is 1.05. The quantitative estimate of drug-likeness (QED) is 0.830. The monoisotopic (exact) mass is 233 g/mol. The van der Waals surface area contributed by atoms with Crippen LogP contribution in [0.5, 0.6) is 0 Å². The van der Waals surface area contributed by atoms with Crippen molar-refractivity contribution in [2.24, 2.45) is 11.7 Å². The fourth-order valence-corrected chi connectivity index (χ4v) is 1.48. The van der Waals surface area contributed by atoms with Gasteiger partial charge >= 0.3 is 0 Å². The highest BCUT2D eigenvalue weighted by Gasteiger charge is 2.14. The van der Waals surface area contributed by atoms with Gasteiger partial charge in [0.1, 0.15) is 0 Å². The van der Waals surface area contributed by atoms with E-state index in [0.717, 1.165) is 6.42 Å². The van der Waals surface area contributed by atoms with Crippen molar-refractivity contribution in [1.29, 1.82) is 0 Å². The second-order valence-corrected chi connectivity index (χ2v) is 3.80. The SMILES string of the molecule is CCC(CN)Cc1nc(-c2ncccn2)no1. The maximum Gasteiger partial charge on any atom is 0.240 e. The molecule has 6 nitrogen and oxygen atoms in total. The van der Waals surface area contributed by atoms with E-state index in [0.29, 0.717) is 36.4 Å². The molecule has 0 aromatic carbocycles. The molecule has 6 heteroatoms. The third-order valence-electron chi connectivity index (χ3n) is 2.61. The molecule has 1 unspecified atom stereocenters. The molecule has 0 aliphatic rings. The molecule has 1 atom stereocenters. The minimum absolute atomic E-state index is 0.375. The summed E-state index contributed by atoms with van der Waals surface area (Å²) in [6.45, 7) is 2.71. The number of rotatable bonds is 5. The Morgan fingerprint density at radius 2 is 2.06 bits per heavy atom. The fraction of sp³-hybridized carbons (Fsp3) is 0.455. The zero-order chi connectivity index (χ0) is 12.1. The van der Waals surface area contributed by atoms with Gasteiger partial charge in [-0.05, 0) is 18.5 Å². The Hall–Kier alpha value is -1.82. The molecule has 0 amide bonds. The number of hydrogen-bond acceptors (Lipinski definition) is 6. The molecule has 2 aromatic rings. The Morgan fingerprint density at radius 1 is 1.29 bits per heavy atom. The van der Waals surface area contributed by atoms with Crippen molar-refractivity contribution >= 4 is 0 Å². The Balaban J connectivity index is 2.11. The molecule has 2 N–H and O–H groups in total. The summed E-state index contributed by atoms with van der Waals surface area (Å²) in [4.78, 5) is 12.4. The summed E-state index contributed by atoms with van der Waals surface area (Å²) in [5.41, 5.74) is 5.63. The second-order valence-electron chi connectivity index (χ2n) is 3.80. The highest BCUT2D eigenvalue weighted by molar-refractivity contribution is 5.40. The van der Waals surface area contributed by atoms with Crippen molar-refractivity contribution in [2.75, 3.05) is 6.54 Å². The summed E-state index contributed by atoms with van der Waals surface area (Å²) in [6.07, 6.45) is 4.99. The minimum atomic E-state index is 0.375. The smallest absolute Gasteiger partial charge is 0.240 e. The van der Waals surface area contributed by atoms with Crippen LogP contribution < -0.4 is 5.73 Å². The van der Waals surface area contributed by atoms with Crippen LogP contribution in [0.2, 0.25) is 0 Å². The highest BCUT2D eigenvalue weighted by Crippen LogP contribution is 2.13. The van der Waals surface area contributed by atoms with Gasteiger partial charge in [-0.15, -0.1) is 0 Å². The third kappa shape index (κ3) is 2.85. The highest BCUT2D eigenvalue weighted by atomic mass is 16.5. The van der Waals surface area contributed by atoms with E-state index < -0.39 is 0 Å². The van der Waals surface area contributed by atoms with Gasteiger partial charge in [-0.25, -0.2) is 9.97 Å². The van der Waals surface area contributed by atoms with E-state index in [2.05, 4.69) is 27.0 Å². The van der Waals surface area contributed by atoms with Gasteiger partial charge in [0, 0.05) is 18.8 Å². The predicted molar refractivity (Wildman–Crippen MR) is 61.9 cm³/mol. The molecule has 0 bridgehead atoms. The van der Waals surface area contributed by atoms with E-state index in [-0.39, 0.29) is 0 Å². The zero-order valence-electron chi connectivity index (χ0n) is 9.71. The van der Waals surface area contributed by atoms with E-state index in [1.165, 1.54) is 0 Å². The van der Waals surface area contributed by atoms with Crippen molar-refractivity contribution in [2.45, 2.75) is 19.8 Å². The van der Waals surface area contributed by atoms with Crippen LogP contribution in [-0.4, -0.2) is 26.7 Å². The first-order valence-corrected chi connectivity index (χ1v) is 5.63. The fourth-order valence-electron chi connectivity index (χ4n) is 1.48. The molecular formula is C11H15N5O. The number of aromatic nitrogens is 4. The average molecular weight is 233 g/mol. The first kappa shape index (κ1) is 11.7. The molecule has 0 aliphatic heterocycles. The normalized spacial score (nSPS) is 12.6. The van der Waals surface area contributed by atoms with Gasteiger partial charge < -0.3 is 10.3 Å². The first-order chi connectivity index (χ1) is 8.33. The number of nitrogens with two attached hydrogens (primary N) is 1. The van der Waals surface area contributed by atoms with Crippen LogP contribution in [0.3, 0.4) is 0 Å². The number of nitrogens with zero attached hydrogens (tertiary/aromatic N) is 4. The lowest BCUT2D eigenvalue weighted by Gasteiger charge is -2.07. The van der Waals surface area contributed by atoms with Crippen molar-refractivity contribution in [3.63, 3.8) is 0 Å². The average Bonchev–Trinajstić information content (AvgIpc) is 2.85. The van der Waals surface area contributed by atoms with Crippen molar-refractivity contribution < 1.29 is 4.52 Å². The maximum absolute atomic E-state index is 5.63. The van der Waals surface area contributed by atoms with E-state index in [1.54, 1.807) is 18.5 Å². The van der Waals surface area contributed by atoms with Crippen LogP contribution >= 0.6 is 0 Å². The topological polar surface area (TPSA) is 90.7 Å². The largest absolute Gasteiger partial charge is 0.339 e.